The highest BCUT2D eigenvalue weighted by Gasteiger charge is 2.46. The van der Waals surface area contributed by atoms with Crippen molar-refractivity contribution in [2.75, 3.05) is 13.2 Å². The summed E-state index contributed by atoms with van der Waals surface area (Å²) in [6.45, 7) is 2.71. The molecular weight excluding hydrogens is 309 g/mol. The number of rotatable bonds is 5. The highest BCUT2D eigenvalue weighted by molar-refractivity contribution is 5.79. The third-order valence-electron chi connectivity index (χ3n) is 4.26. The van der Waals surface area contributed by atoms with Crippen LogP contribution in [0.1, 0.15) is 38.4 Å². The first kappa shape index (κ1) is 17.7. The molecule has 0 unspecified atom stereocenters. The molecule has 0 spiro atoms. The van der Waals surface area contributed by atoms with Crippen LogP contribution in [0.3, 0.4) is 0 Å². The van der Waals surface area contributed by atoms with Gasteiger partial charge < -0.3 is 10.1 Å². The number of nitrogens with zero attached hydrogens (tertiary/aromatic N) is 1. The molecule has 2 rings (SSSR count). The lowest BCUT2D eigenvalue weighted by atomic mass is 9.88. The first-order valence-electron chi connectivity index (χ1n) is 7.58. The minimum Gasteiger partial charge on any atom is -0.373 e. The van der Waals surface area contributed by atoms with Gasteiger partial charge >= 0.3 is 6.18 Å². The fourth-order valence-electron chi connectivity index (χ4n) is 2.50. The Balaban J connectivity index is 1.91. The van der Waals surface area contributed by atoms with E-state index in [1.807, 2.05) is 6.07 Å². The summed E-state index contributed by atoms with van der Waals surface area (Å²) in [4.78, 5) is 16.3. The third kappa shape index (κ3) is 4.22. The van der Waals surface area contributed by atoms with Gasteiger partial charge in [-0.3, -0.25) is 9.78 Å². The van der Waals surface area contributed by atoms with Crippen molar-refractivity contribution in [2.45, 2.75) is 39.0 Å². The molecule has 4 nitrogen and oxygen atoms in total. The molecule has 7 heteroatoms. The average Bonchev–Trinajstić information content (AvgIpc) is 2.96. The Labute approximate surface area is 133 Å². The van der Waals surface area contributed by atoms with Crippen LogP contribution in [0.2, 0.25) is 0 Å². The van der Waals surface area contributed by atoms with Crippen LogP contribution < -0.4 is 5.32 Å². The van der Waals surface area contributed by atoms with Crippen molar-refractivity contribution in [3.05, 3.63) is 30.1 Å². The Morgan fingerprint density at radius 1 is 1.43 bits per heavy atom. The van der Waals surface area contributed by atoms with E-state index in [4.69, 9.17) is 4.74 Å². The van der Waals surface area contributed by atoms with E-state index < -0.39 is 17.5 Å². The number of halogens is 3. The van der Waals surface area contributed by atoms with Gasteiger partial charge in [0.25, 0.3) is 0 Å². The van der Waals surface area contributed by atoms with Crippen LogP contribution in [-0.2, 0) is 9.53 Å². The zero-order valence-corrected chi connectivity index (χ0v) is 13.2. The van der Waals surface area contributed by atoms with E-state index in [2.05, 4.69) is 10.3 Å². The van der Waals surface area contributed by atoms with Crippen molar-refractivity contribution in [3.63, 3.8) is 0 Å². The van der Waals surface area contributed by atoms with E-state index >= 15 is 0 Å². The summed E-state index contributed by atoms with van der Waals surface area (Å²) in [5.41, 5.74) is -1.02. The maximum atomic E-state index is 12.8. The maximum Gasteiger partial charge on any atom is 0.394 e. The van der Waals surface area contributed by atoms with Crippen molar-refractivity contribution in [1.82, 2.24) is 10.3 Å². The molecule has 0 radical (unpaired) electrons. The van der Waals surface area contributed by atoms with Gasteiger partial charge in [0.15, 0.2) is 0 Å². The van der Waals surface area contributed by atoms with E-state index in [0.717, 1.165) is 19.4 Å². The molecule has 1 aromatic rings. The van der Waals surface area contributed by atoms with Crippen molar-refractivity contribution in [2.24, 2.45) is 11.3 Å². The Morgan fingerprint density at radius 2 is 2.17 bits per heavy atom. The molecule has 2 heterocycles. The Kier molecular flexibility index (Phi) is 5.29. The highest BCUT2D eigenvalue weighted by Crippen LogP contribution is 2.40. The molecule has 2 atom stereocenters. The number of ether oxygens (including phenoxy) is 1. The van der Waals surface area contributed by atoms with Crippen LogP contribution in [0.25, 0.3) is 0 Å². The second-order valence-corrected chi connectivity index (χ2v) is 6.40. The standard InChI is InChI=1S/C16H21F3N2O2/c1-15(2,16(17,18)19)6-8-21-14(22)12-5-9-23-13(12)11-4-3-7-20-10-11/h3-4,7,10,12-13H,5-6,8-9H2,1-2H3,(H,21,22)/t12-,13+/m0/s1. The number of pyridine rings is 1. The van der Waals surface area contributed by atoms with Crippen molar-refractivity contribution < 1.29 is 22.7 Å². The van der Waals surface area contributed by atoms with Gasteiger partial charge in [0.05, 0.1) is 17.4 Å². The molecule has 0 aliphatic carbocycles. The smallest absolute Gasteiger partial charge is 0.373 e. The molecule has 1 amide bonds. The van der Waals surface area contributed by atoms with E-state index in [1.54, 1.807) is 18.5 Å². The molecule has 0 bridgehead atoms. The minimum atomic E-state index is -4.29. The number of carbonyl (C=O) groups is 1. The molecule has 1 saturated heterocycles. The van der Waals surface area contributed by atoms with Gasteiger partial charge in [0.1, 0.15) is 0 Å². The lowest BCUT2D eigenvalue weighted by molar-refractivity contribution is -0.213. The fourth-order valence-corrected chi connectivity index (χ4v) is 2.50. The third-order valence-corrected chi connectivity index (χ3v) is 4.26. The molecule has 1 N–H and O–H groups in total. The number of amides is 1. The Bertz CT molecular complexity index is 532. The number of aromatic nitrogens is 1. The number of carbonyl (C=O) groups excluding carboxylic acids is 1. The zero-order valence-electron chi connectivity index (χ0n) is 13.2. The molecular formula is C16H21F3N2O2. The molecule has 23 heavy (non-hydrogen) atoms. The van der Waals surface area contributed by atoms with Crippen LogP contribution in [0.4, 0.5) is 13.2 Å². The van der Waals surface area contributed by atoms with E-state index in [0.29, 0.717) is 13.0 Å². The molecule has 1 fully saturated rings. The molecule has 1 aliphatic heterocycles. The van der Waals surface area contributed by atoms with Crippen molar-refractivity contribution >= 4 is 5.91 Å². The molecule has 1 aromatic heterocycles. The van der Waals surface area contributed by atoms with E-state index in [-0.39, 0.29) is 25.0 Å². The van der Waals surface area contributed by atoms with E-state index in [1.165, 1.54) is 0 Å². The molecule has 128 valence electrons. The van der Waals surface area contributed by atoms with Gasteiger partial charge in [-0.05, 0) is 24.5 Å². The summed E-state index contributed by atoms with van der Waals surface area (Å²) in [5, 5.41) is 2.61. The number of hydrogen-bond donors (Lipinski definition) is 1. The van der Waals surface area contributed by atoms with Crippen molar-refractivity contribution in [1.29, 1.82) is 0 Å². The van der Waals surface area contributed by atoms with E-state index in [9.17, 15) is 18.0 Å². The molecule has 1 aliphatic rings. The Hall–Kier alpha value is -1.63. The maximum absolute atomic E-state index is 12.8. The van der Waals surface area contributed by atoms with Gasteiger partial charge in [-0.15, -0.1) is 0 Å². The van der Waals surface area contributed by atoms with Crippen LogP contribution >= 0.6 is 0 Å². The number of alkyl halides is 3. The van der Waals surface area contributed by atoms with Gasteiger partial charge in [0, 0.05) is 25.5 Å². The quantitative estimate of drug-likeness (QED) is 0.901. The summed E-state index contributed by atoms with van der Waals surface area (Å²) < 4.78 is 44.0. The normalized spacial score (nSPS) is 22.1. The summed E-state index contributed by atoms with van der Waals surface area (Å²) in [5.74, 6) is -0.664. The zero-order chi connectivity index (χ0) is 17.1. The van der Waals surface area contributed by atoms with Crippen LogP contribution in [0.5, 0.6) is 0 Å². The summed E-state index contributed by atoms with van der Waals surface area (Å²) in [6, 6.07) is 3.59. The second kappa shape index (κ2) is 6.86. The predicted molar refractivity (Wildman–Crippen MR) is 78.5 cm³/mol. The largest absolute Gasteiger partial charge is 0.394 e. The summed E-state index contributed by atoms with van der Waals surface area (Å²) in [7, 11) is 0. The number of nitrogens with one attached hydrogen (secondary N) is 1. The summed E-state index contributed by atoms with van der Waals surface area (Å²) in [6.07, 6.45) is -1.01. The van der Waals surface area contributed by atoms with Gasteiger partial charge in [-0.2, -0.15) is 13.2 Å². The minimum absolute atomic E-state index is 0.0123. The van der Waals surface area contributed by atoms with Gasteiger partial charge in [0.2, 0.25) is 5.91 Å². The Morgan fingerprint density at radius 3 is 2.78 bits per heavy atom. The lowest BCUT2D eigenvalue weighted by Crippen LogP contribution is -2.38. The average molecular weight is 330 g/mol. The van der Waals surface area contributed by atoms with Gasteiger partial charge in [-0.1, -0.05) is 19.9 Å². The lowest BCUT2D eigenvalue weighted by Gasteiger charge is -2.28. The predicted octanol–water partition coefficient (Wildman–Crippen LogP) is 3.25. The molecule has 0 aromatic carbocycles. The second-order valence-electron chi connectivity index (χ2n) is 6.40. The van der Waals surface area contributed by atoms with Crippen LogP contribution in [0, 0.1) is 11.3 Å². The highest BCUT2D eigenvalue weighted by atomic mass is 19.4. The number of hydrogen-bond acceptors (Lipinski definition) is 3. The monoisotopic (exact) mass is 330 g/mol. The first-order chi connectivity index (χ1) is 10.7. The first-order valence-corrected chi connectivity index (χ1v) is 7.58. The SMILES string of the molecule is CC(C)(CCNC(=O)[C@H]1CCO[C@@H]1c1cccnc1)C(F)(F)F. The molecule has 0 saturated carbocycles. The van der Waals surface area contributed by atoms with Crippen LogP contribution in [0.15, 0.2) is 24.5 Å². The van der Waals surface area contributed by atoms with Crippen LogP contribution in [-0.4, -0.2) is 30.2 Å². The van der Waals surface area contributed by atoms with Crippen molar-refractivity contribution in [3.8, 4) is 0 Å². The van der Waals surface area contributed by atoms with Gasteiger partial charge in [-0.25, -0.2) is 0 Å². The topological polar surface area (TPSA) is 51.2 Å². The summed E-state index contributed by atoms with van der Waals surface area (Å²) >= 11 is 0. The fraction of sp³-hybridized carbons (Fsp3) is 0.625.